The van der Waals surface area contributed by atoms with Gasteiger partial charge < -0.3 is 15.0 Å². The zero-order valence-corrected chi connectivity index (χ0v) is 17.4. The molecular formula is C22H35FN4O. The Morgan fingerprint density at radius 1 is 1.18 bits per heavy atom. The van der Waals surface area contributed by atoms with Gasteiger partial charge in [0.2, 0.25) is 0 Å². The van der Waals surface area contributed by atoms with Crippen LogP contribution in [0.1, 0.15) is 31.7 Å². The van der Waals surface area contributed by atoms with Gasteiger partial charge in [-0.1, -0.05) is 18.2 Å². The lowest BCUT2D eigenvalue weighted by Gasteiger charge is -2.31. The van der Waals surface area contributed by atoms with Gasteiger partial charge in [-0.3, -0.25) is 9.89 Å². The third-order valence-corrected chi connectivity index (χ3v) is 5.88. The molecule has 0 radical (unpaired) electrons. The average molecular weight is 391 g/mol. The second kappa shape index (κ2) is 10.8. The van der Waals surface area contributed by atoms with Crippen molar-refractivity contribution in [3.05, 3.63) is 35.6 Å². The Morgan fingerprint density at radius 3 is 2.64 bits per heavy atom. The number of ether oxygens (including phenoxy) is 1. The van der Waals surface area contributed by atoms with Gasteiger partial charge >= 0.3 is 0 Å². The number of nitrogens with zero attached hydrogens (tertiary/aromatic N) is 3. The zero-order valence-electron chi connectivity index (χ0n) is 17.4. The van der Waals surface area contributed by atoms with E-state index in [0.29, 0.717) is 18.4 Å². The highest BCUT2D eigenvalue weighted by Crippen LogP contribution is 2.21. The molecule has 1 atom stereocenters. The number of guanidine groups is 1. The molecule has 0 aliphatic carbocycles. The highest BCUT2D eigenvalue weighted by Gasteiger charge is 2.25. The molecule has 6 heteroatoms. The van der Waals surface area contributed by atoms with E-state index in [1.807, 2.05) is 12.1 Å². The van der Waals surface area contributed by atoms with Crippen LogP contribution >= 0.6 is 0 Å². The SMILES string of the molecule is CCNC(=NCC1CCN(Cc2ccccc2F)CC1)N1CCC(COC)C1. The number of rotatable bonds is 7. The van der Waals surface area contributed by atoms with Crippen LogP contribution in [0.5, 0.6) is 0 Å². The van der Waals surface area contributed by atoms with Crippen molar-refractivity contribution >= 4 is 5.96 Å². The first kappa shape index (κ1) is 21.1. The molecule has 1 aromatic rings. The lowest BCUT2D eigenvalue weighted by molar-refractivity contribution is 0.157. The van der Waals surface area contributed by atoms with E-state index in [-0.39, 0.29) is 5.82 Å². The minimum absolute atomic E-state index is 0.0955. The Morgan fingerprint density at radius 2 is 1.93 bits per heavy atom. The molecule has 2 aliphatic heterocycles. The van der Waals surface area contributed by atoms with Gasteiger partial charge in [-0.05, 0) is 51.3 Å². The van der Waals surface area contributed by atoms with Crippen LogP contribution in [0.4, 0.5) is 4.39 Å². The van der Waals surface area contributed by atoms with E-state index in [0.717, 1.165) is 70.2 Å². The van der Waals surface area contributed by atoms with Crippen LogP contribution in [-0.2, 0) is 11.3 Å². The zero-order chi connectivity index (χ0) is 19.8. The van der Waals surface area contributed by atoms with Crippen LogP contribution in [0, 0.1) is 17.7 Å². The maximum atomic E-state index is 13.9. The van der Waals surface area contributed by atoms with Gasteiger partial charge in [0, 0.05) is 51.3 Å². The quantitative estimate of drug-likeness (QED) is 0.574. The molecule has 28 heavy (non-hydrogen) atoms. The van der Waals surface area contributed by atoms with Crippen molar-refractivity contribution in [1.82, 2.24) is 15.1 Å². The molecule has 0 saturated carbocycles. The number of likely N-dealkylation sites (tertiary alicyclic amines) is 2. The minimum atomic E-state index is -0.0955. The van der Waals surface area contributed by atoms with Crippen LogP contribution in [-0.4, -0.2) is 68.7 Å². The molecule has 156 valence electrons. The van der Waals surface area contributed by atoms with Crippen molar-refractivity contribution in [2.75, 3.05) is 53.0 Å². The predicted molar refractivity (Wildman–Crippen MR) is 112 cm³/mol. The van der Waals surface area contributed by atoms with Crippen molar-refractivity contribution in [1.29, 1.82) is 0 Å². The molecule has 2 saturated heterocycles. The molecule has 0 bridgehead atoms. The Hall–Kier alpha value is -1.66. The maximum absolute atomic E-state index is 13.9. The molecule has 0 amide bonds. The number of nitrogens with one attached hydrogen (secondary N) is 1. The first-order valence-corrected chi connectivity index (χ1v) is 10.7. The van der Waals surface area contributed by atoms with Gasteiger partial charge in [0.1, 0.15) is 5.82 Å². The van der Waals surface area contributed by atoms with Gasteiger partial charge in [-0.15, -0.1) is 0 Å². The van der Waals surface area contributed by atoms with E-state index in [9.17, 15) is 4.39 Å². The summed E-state index contributed by atoms with van der Waals surface area (Å²) < 4.78 is 19.2. The van der Waals surface area contributed by atoms with Crippen molar-refractivity contribution in [2.45, 2.75) is 32.7 Å². The first-order chi connectivity index (χ1) is 13.7. The number of hydrogen-bond donors (Lipinski definition) is 1. The average Bonchev–Trinajstić information content (AvgIpc) is 3.17. The monoisotopic (exact) mass is 390 g/mol. The first-order valence-electron chi connectivity index (χ1n) is 10.7. The predicted octanol–water partition coefficient (Wildman–Crippen LogP) is 2.97. The third-order valence-electron chi connectivity index (χ3n) is 5.88. The summed E-state index contributed by atoms with van der Waals surface area (Å²) in [6, 6.07) is 7.11. The summed E-state index contributed by atoms with van der Waals surface area (Å²) in [7, 11) is 1.78. The van der Waals surface area contributed by atoms with Crippen molar-refractivity contribution < 1.29 is 9.13 Å². The van der Waals surface area contributed by atoms with Crippen LogP contribution in [0.2, 0.25) is 0 Å². The van der Waals surface area contributed by atoms with E-state index in [1.165, 1.54) is 6.42 Å². The van der Waals surface area contributed by atoms with Crippen LogP contribution < -0.4 is 5.32 Å². The molecule has 0 spiro atoms. The molecule has 2 heterocycles. The summed E-state index contributed by atoms with van der Waals surface area (Å²) in [6.45, 7) is 9.56. The number of piperidine rings is 1. The van der Waals surface area contributed by atoms with Crippen molar-refractivity contribution in [3.8, 4) is 0 Å². The highest BCUT2D eigenvalue weighted by atomic mass is 19.1. The molecule has 2 fully saturated rings. The fourth-order valence-electron chi connectivity index (χ4n) is 4.23. The summed E-state index contributed by atoms with van der Waals surface area (Å²) in [5.74, 6) is 2.18. The molecular weight excluding hydrogens is 355 g/mol. The Kier molecular flexibility index (Phi) is 8.10. The fourth-order valence-corrected chi connectivity index (χ4v) is 4.23. The molecule has 5 nitrogen and oxygen atoms in total. The van der Waals surface area contributed by atoms with Crippen LogP contribution in [0.15, 0.2) is 29.3 Å². The Bertz CT molecular complexity index is 631. The summed E-state index contributed by atoms with van der Waals surface area (Å²) in [5, 5.41) is 3.46. The van der Waals surface area contributed by atoms with E-state index < -0.39 is 0 Å². The normalized spacial score (nSPS) is 22.0. The van der Waals surface area contributed by atoms with Crippen molar-refractivity contribution in [2.24, 2.45) is 16.8 Å². The summed E-state index contributed by atoms with van der Waals surface area (Å²) in [6.07, 6.45) is 3.43. The van der Waals surface area contributed by atoms with E-state index in [2.05, 4.69) is 22.0 Å². The summed E-state index contributed by atoms with van der Waals surface area (Å²) in [5.41, 5.74) is 0.799. The topological polar surface area (TPSA) is 40.1 Å². The number of benzene rings is 1. The van der Waals surface area contributed by atoms with Gasteiger partial charge in [-0.2, -0.15) is 0 Å². The third kappa shape index (κ3) is 5.92. The van der Waals surface area contributed by atoms with E-state index in [1.54, 1.807) is 19.2 Å². The standard InChI is InChI=1S/C22H35FN4O/c1-3-24-22(27-13-10-19(15-27)17-28-2)25-14-18-8-11-26(12-9-18)16-20-6-4-5-7-21(20)23/h4-7,18-19H,3,8-17H2,1-2H3,(H,24,25). The second-order valence-corrected chi connectivity index (χ2v) is 8.06. The second-order valence-electron chi connectivity index (χ2n) is 8.06. The molecule has 0 aromatic heterocycles. The fraction of sp³-hybridized carbons (Fsp3) is 0.682. The lowest BCUT2D eigenvalue weighted by atomic mass is 9.96. The van der Waals surface area contributed by atoms with Gasteiger partial charge in [0.15, 0.2) is 5.96 Å². The Labute approximate surface area is 169 Å². The van der Waals surface area contributed by atoms with Crippen LogP contribution in [0.3, 0.4) is 0 Å². The van der Waals surface area contributed by atoms with E-state index in [4.69, 9.17) is 9.73 Å². The molecule has 3 rings (SSSR count). The summed E-state index contributed by atoms with van der Waals surface area (Å²) in [4.78, 5) is 9.69. The number of methoxy groups -OCH3 is 1. The molecule has 1 aromatic carbocycles. The van der Waals surface area contributed by atoms with Crippen LogP contribution in [0.25, 0.3) is 0 Å². The summed E-state index contributed by atoms with van der Waals surface area (Å²) >= 11 is 0. The van der Waals surface area contributed by atoms with Crippen molar-refractivity contribution in [3.63, 3.8) is 0 Å². The lowest BCUT2D eigenvalue weighted by Crippen LogP contribution is -2.41. The van der Waals surface area contributed by atoms with Gasteiger partial charge in [-0.25, -0.2) is 4.39 Å². The largest absolute Gasteiger partial charge is 0.384 e. The molecule has 1 N–H and O–H groups in total. The molecule has 1 unspecified atom stereocenters. The minimum Gasteiger partial charge on any atom is -0.384 e. The molecule has 2 aliphatic rings. The Balaban J connectivity index is 1.46. The highest BCUT2D eigenvalue weighted by molar-refractivity contribution is 5.80. The smallest absolute Gasteiger partial charge is 0.193 e. The number of halogens is 1. The number of hydrogen-bond acceptors (Lipinski definition) is 3. The number of aliphatic imine (C=N–C) groups is 1. The van der Waals surface area contributed by atoms with Gasteiger partial charge in [0.25, 0.3) is 0 Å². The van der Waals surface area contributed by atoms with Gasteiger partial charge in [0.05, 0.1) is 6.61 Å². The maximum Gasteiger partial charge on any atom is 0.193 e. The van der Waals surface area contributed by atoms with E-state index >= 15 is 0 Å².